The van der Waals surface area contributed by atoms with Gasteiger partial charge in [-0.05, 0) is 24.1 Å². The van der Waals surface area contributed by atoms with Crippen LogP contribution in [0.25, 0.3) is 11.1 Å². The highest BCUT2D eigenvalue weighted by molar-refractivity contribution is 5.77. The third-order valence-electron chi connectivity index (χ3n) is 3.74. The molecule has 0 aliphatic carbocycles. The summed E-state index contributed by atoms with van der Waals surface area (Å²) < 4.78 is 5.38. The summed E-state index contributed by atoms with van der Waals surface area (Å²) in [7, 11) is 0. The Balaban J connectivity index is 1.87. The van der Waals surface area contributed by atoms with Crippen LogP contribution in [0.5, 0.6) is 0 Å². The van der Waals surface area contributed by atoms with Crippen molar-refractivity contribution < 1.29 is 9.53 Å². The van der Waals surface area contributed by atoms with Crippen molar-refractivity contribution in [2.24, 2.45) is 0 Å². The molecule has 0 unspecified atom stereocenters. The highest BCUT2D eigenvalue weighted by atomic mass is 16.5. The normalized spacial score (nSPS) is 15.0. The number of aryl methyl sites for hydroxylation is 1. The van der Waals surface area contributed by atoms with Gasteiger partial charge in [0.15, 0.2) is 0 Å². The zero-order chi connectivity index (χ0) is 14.7. The second kappa shape index (κ2) is 6.06. The molecule has 0 atom stereocenters. The molecule has 1 saturated heterocycles. The molecule has 1 fully saturated rings. The van der Waals surface area contributed by atoms with E-state index in [1.54, 1.807) is 0 Å². The van der Waals surface area contributed by atoms with Crippen LogP contribution in [0.2, 0.25) is 0 Å². The average molecular weight is 282 g/mol. The number of pyridine rings is 1. The number of carbonyl (C=O) groups excluding carboxylic acids is 1. The van der Waals surface area contributed by atoms with Gasteiger partial charge in [-0.1, -0.05) is 24.3 Å². The number of anilines is 1. The molecule has 0 spiro atoms. The van der Waals surface area contributed by atoms with Crippen molar-refractivity contribution >= 4 is 12.1 Å². The maximum Gasteiger partial charge on any atom is 0.150 e. The molecule has 4 nitrogen and oxygen atoms in total. The van der Waals surface area contributed by atoms with Gasteiger partial charge in [-0.25, -0.2) is 4.98 Å². The number of hydrogen-bond donors (Lipinski definition) is 0. The van der Waals surface area contributed by atoms with Crippen molar-refractivity contribution in [3.63, 3.8) is 0 Å². The lowest BCUT2D eigenvalue weighted by Crippen LogP contribution is -2.37. The molecule has 2 aromatic rings. The van der Waals surface area contributed by atoms with Crippen LogP contribution in [0.3, 0.4) is 0 Å². The summed E-state index contributed by atoms with van der Waals surface area (Å²) in [6, 6.07) is 9.71. The van der Waals surface area contributed by atoms with Gasteiger partial charge in [0.2, 0.25) is 0 Å². The van der Waals surface area contributed by atoms with Gasteiger partial charge in [0.05, 0.1) is 13.2 Å². The highest BCUT2D eigenvalue weighted by Crippen LogP contribution is 2.25. The van der Waals surface area contributed by atoms with E-state index in [1.807, 2.05) is 30.5 Å². The van der Waals surface area contributed by atoms with Gasteiger partial charge >= 0.3 is 0 Å². The van der Waals surface area contributed by atoms with E-state index in [4.69, 9.17) is 4.74 Å². The maximum absolute atomic E-state index is 10.7. The molecule has 0 radical (unpaired) electrons. The quantitative estimate of drug-likeness (QED) is 0.812. The van der Waals surface area contributed by atoms with Crippen LogP contribution in [0.4, 0.5) is 5.82 Å². The first-order valence-electron chi connectivity index (χ1n) is 7.13. The smallest absolute Gasteiger partial charge is 0.150 e. The van der Waals surface area contributed by atoms with Crippen LogP contribution < -0.4 is 4.90 Å². The Bertz CT molecular complexity index is 632. The van der Waals surface area contributed by atoms with E-state index in [1.165, 1.54) is 0 Å². The highest BCUT2D eigenvalue weighted by Gasteiger charge is 2.14. The number of aldehydes is 1. The van der Waals surface area contributed by atoms with E-state index < -0.39 is 0 Å². The number of aromatic nitrogens is 1. The monoisotopic (exact) mass is 282 g/mol. The summed E-state index contributed by atoms with van der Waals surface area (Å²) in [5.41, 5.74) is 3.99. The summed E-state index contributed by atoms with van der Waals surface area (Å²) in [5, 5.41) is 0. The first kappa shape index (κ1) is 13.8. The average Bonchev–Trinajstić information content (AvgIpc) is 2.55. The fourth-order valence-corrected chi connectivity index (χ4v) is 2.59. The number of morpholine rings is 1. The second-order valence-corrected chi connectivity index (χ2v) is 5.20. The molecule has 1 aliphatic heterocycles. The number of ether oxygens (including phenoxy) is 1. The standard InChI is InChI=1S/C17H18N2O2/c1-13-10-16(15-4-2-14(12-20)3-5-15)11-18-17(13)19-6-8-21-9-7-19/h2-5,10-12H,6-9H2,1H3. The lowest BCUT2D eigenvalue weighted by atomic mass is 10.0. The first-order valence-corrected chi connectivity index (χ1v) is 7.13. The molecule has 0 N–H and O–H groups in total. The lowest BCUT2D eigenvalue weighted by Gasteiger charge is -2.29. The van der Waals surface area contributed by atoms with Crippen molar-refractivity contribution in [2.75, 3.05) is 31.2 Å². The summed E-state index contributed by atoms with van der Waals surface area (Å²) in [6.45, 7) is 5.38. The zero-order valence-electron chi connectivity index (χ0n) is 12.1. The van der Waals surface area contributed by atoms with Crippen LogP contribution in [-0.2, 0) is 4.74 Å². The Morgan fingerprint density at radius 2 is 1.86 bits per heavy atom. The van der Waals surface area contributed by atoms with Crippen molar-refractivity contribution in [3.05, 3.63) is 47.7 Å². The largest absolute Gasteiger partial charge is 0.378 e. The number of benzene rings is 1. The van der Waals surface area contributed by atoms with Gasteiger partial charge in [0.1, 0.15) is 12.1 Å². The van der Waals surface area contributed by atoms with Gasteiger partial charge in [0.25, 0.3) is 0 Å². The fourth-order valence-electron chi connectivity index (χ4n) is 2.59. The first-order chi connectivity index (χ1) is 10.3. The molecular formula is C17H18N2O2. The Labute approximate surface area is 124 Å². The van der Waals surface area contributed by atoms with Crippen LogP contribution in [0.15, 0.2) is 36.5 Å². The molecule has 21 heavy (non-hydrogen) atoms. The Morgan fingerprint density at radius 1 is 1.14 bits per heavy atom. The number of hydrogen-bond acceptors (Lipinski definition) is 4. The maximum atomic E-state index is 10.7. The molecule has 4 heteroatoms. The molecule has 0 bridgehead atoms. The predicted molar refractivity (Wildman–Crippen MR) is 82.8 cm³/mol. The number of rotatable bonds is 3. The van der Waals surface area contributed by atoms with E-state index in [9.17, 15) is 4.79 Å². The molecular weight excluding hydrogens is 264 g/mol. The Morgan fingerprint density at radius 3 is 2.48 bits per heavy atom. The van der Waals surface area contributed by atoms with Crippen molar-refractivity contribution in [3.8, 4) is 11.1 Å². The van der Waals surface area contributed by atoms with E-state index in [0.29, 0.717) is 5.56 Å². The van der Waals surface area contributed by atoms with Gasteiger partial charge in [0, 0.05) is 30.4 Å². The minimum absolute atomic E-state index is 0.688. The molecule has 1 aromatic heterocycles. The van der Waals surface area contributed by atoms with Gasteiger partial charge in [-0.15, -0.1) is 0 Å². The van der Waals surface area contributed by atoms with Crippen LogP contribution >= 0.6 is 0 Å². The third kappa shape index (κ3) is 2.95. The van der Waals surface area contributed by atoms with Gasteiger partial charge in [-0.2, -0.15) is 0 Å². The lowest BCUT2D eigenvalue weighted by molar-refractivity contribution is 0.112. The molecule has 108 valence electrons. The van der Waals surface area contributed by atoms with E-state index in [-0.39, 0.29) is 0 Å². The van der Waals surface area contributed by atoms with Crippen LogP contribution in [-0.4, -0.2) is 37.6 Å². The van der Waals surface area contributed by atoms with Crippen LogP contribution in [0, 0.1) is 6.92 Å². The molecule has 3 rings (SSSR count). The third-order valence-corrected chi connectivity index (χ3v) is 3.74. The zero-order valence-corrected chi connectivity index (χ0v) is 12.1. The predicted octanol–water partition coefficient (Wildman–Crippen LogP) is 2.71. The Hall–Kier alpha value is -2.20. The topological polar surface area (TPSA) is 42.4 Å². The molecule has 2 heterocycles. The Kier molecular flexibility index (Phi) is 3.97. The minimum Gasteiger partial charge on any atom is -0.378 e. The molecule has 0 amide bonds. The van der Waals surface area contributed by atoms with Crippen LogP contribution in [0.1, 0.15) is 15.9 Å². The molecule has 1 aliphatic rings. The van der Waals surface area contributed by atoms with Crippen molar-refractivity contribution in [2.45, 2.75) is 6.92 Å². The van der Waals surface area contributed by atoms with Crippen molar-refractivity contribution in [1.82, 2.24) is 4.98 Å². The minimum atomic E-state index is 0.688. The van der Waals surface area contributed by atoms with E-state index in [2.05, 4.69) is 22.9 Å². The summed E-state index contributed by atoms with van der Waals surface area (Å²) in [6.07, 6.45) is 2.75. The van der Waals surface area contributed by atoms with E-state index >= 15 is 0 Å². The SMILES string of the molecule is Cc1cc(-c2ccc(C=O)cc2)cnc1N1CCOCC1. The second-order valence-electron chi connectivity index (χ2n) is 5.20. The summed E-state index contributed by atoms with van der Waals surface area (Å²) in [5.74, 6) is 1.03. The fraction of sp³-hybridized carbons (Fsp3) is 0.294. The number of carbonyl (C=O) groups is 1. The molecule has 1 aromatic carbocycles. The van der Waals surface area contributed by atoms with Gasteiger partial charge < -0.3 is 9.64 Å². The number of nitrogens with zero attached hydrogens (tertiary/aromatic N) is 2. The summed E-state index contributed by atoms with van der Waals surface area (Å²) >= 11 is 0. The molecule has 0 saturated carbocycles. The summed E-state index contributed by atoms with van der Waals surface area (Å²) in [4.78, 5) is 17.6. The van der Waals surface area contributed by atoms with Gasteiger partial charge in [-0.3, -0.25) is 4.79 Å². The van der Waals surface area contributed by atoms with E-state index in [0.717, 1.165) is 55.1 Å². The van der Waals surface area contributed by atoms with Crippen molar-refractivity contribution in [1.29, 1.82) is 0 Å².